The van der Waals surface area contributed by atoms with Crippen molar-refractivity contribution in [3.05, 3.63) is 69.6 Å². The van der Waals surface area contributed by atoms with E-state index in [1.165, 1.54) is 0 Å². The van der Waals surface area contributed by atoms with Gasteiger partial charge in [0.05, 0.1) is 12.2 Å². The van der Waals surface area contributed by atoms with Crippen molar-refractivity contribution < 1.29 is 14.3 Å². The van der Waals surface area contributed by atoms with Crippen molar-refractivity contribution in [1.29, 1.82) is 0 Å². The van der Waals surface area contributed by atoms with Crippen molar-refractivity contribution in [3.63, 3.8) is 0 Å². The van der Waals surface area contributed by atoms with Crippen LogP contribution >= 0.6 is 22.9 Å². The number of carbonyl (C=O) groups excluding carboxylic acids is 2. The van der Waals surface area contributed by atoms with Gasteiger partial charge in [-0.3, -0.25) is 4.79 Å². The number of benzene rings is 2. The Kier molecular flexibility index (Phi) is 5.73. The molecule has 0 unspecified atom stereocenters. The summed E-state index contributed by atoms with van der Waals surface area (Å²) in [5.41, 5.74) is 7.52. The summed E-state index contributed by atoms with van der Waals surface area (Å²) in [6, 6.07) is 13.4. The van der Waals surface area contributed by atoms with E-state index in [1.54, 1.807) is 55.5 Å². The van der Waals surface area contributed by atoms with Gasteiger partial charge >= 0.3 is 5.97 Å². The summed E-state index contributed by atoms with van der Waals surface area (Å²) < 4.78 is 4.95. The molecule has 3 rings (SSSR count). The van der Waals surface area contributed by atoms with Crippen LogP contribution in [-0.2, 0) is 4.74 Å². The van der Waals surface area contributed by atoms with Gasteiger partial charge in [0, 0.05) is 16.3 Å². The average molecular weight is 402 g/mol. The van der Waals surface area contributed by atoms with Crippen LogP contribution in [0.3, 0.4) is 0 Å². The van der Waals surface area contributed by atoms with Crippen LogP contribution in [0.25, 0.3) is 0 Å². The van der Waals surface area contributed by atoms with Crippen LogP contribution < -0.4 is 11.1 Å². The first-order valence-corrected chi connectivity index (χ1v) is 9.28. The molecule has 1 heterocycles. The number of nitrogens with one attached hydrogen (secondary N) is 1. The van der Waals surface area contributed by atoms with Gasteiger partial charge in [-0.1, -0.05) is 35.1 Å². The summed E-state index contributed by atoms with van der Waals surface area (Å²) in [7, 11) is 0. The maximum absolute atomic E-state index is 12.6. The normalized spacial score (nSPS) is 10.4. The molecule has 3 aromatic rings. The Morgan fingerprint density at radius 2 is 1.93 bits per heavy atom. The highest BCUT2D eigenvalue weighted by Crippen LogP contribution is 2.30. The van der Waals surface area contributed by atoms with Gasteiger partial charge in [-0.25, -0.2) is 9.78 Å². The summed E-state index contributed by atoms with van der Waals surface area (Å²) >= 11 is 7.09. The Morgan fingerprint density at radius 1 is 1.19 bits per heavy atom. The first-order chi connectivity index (χ1) is 13.0. The zero-order valence-corrected chi connectivity index (χ0v) is 15.9. The Labute approximate surface area is 164 Å². The molecule has 0 fully saturated rings. The number of halogens is 1. The molecule has 0 amide bonds. The van der Waals surface area contributed by atoms with Gasteiger partial charge in [-0.05, 0) is 43.3 Å². The summed E-state index contributed by atoms with van der Waals surface area (Å²) in [6.45, 7) is 2.07. The highest BCUT2D eigenvalue weighted by molar-refractivity contribution is 7.18. The van der Waals surface area contributed by atoms with Gasteiger partial charge in [-0.15, -0.1) is 0 Å². The lowest BCUT2D eigenvalue weighted by molar-refractivity contribution is 0.0526. The fourth-order valence-electron chi connectivity index (χ4n) is 2.34. The van der Waals surface area contributed by atoms with Gasteiger partial charge in [0.25, 0.3) is 0 Å². The summed E-state index contributed by atoms with van der Waals surface area (Å²) in [4.78, 5) is 28.8. The topological polar surface area (TPSA) is 94.3 Å². The highest BCUT2D eigenvalue weighted by atomic mass is 35.5. The largest absolute Gasteiger partial charge is 0.462 e. The van der Waals surface area contributed by atoms with E-state index in [1.807, 2.05) is 0 Å². The molecule has 0 bridgehead atoms. The van der Waals surface area contributed by atoms with Crippen molar-refractivity contribution in [3.8, 4) is 0 Å². The molecule has 0 atom stereocenters. The standard InChI is InChI=1S/C19H16ClN3O3S/c1-2-26-18(25)11-6-8-14(9-7-11)22-19-23-17(21)16(27-19)15(24)12-4-3-5-13(20)10-12/h3-10H,2,21H2,1H3,(H,22,23). The molecule has 0 aliphatic rings. The van der Waals surface area contributed by atoms with Crippen LogP contribution in [0.5, 0.6) is 0 Å². The average Bonchev–Trinajstić information content (AvgIpc) is 3.02. The molecule has 2 aromatic carbocycles. The number of nitrogen functional groups attached to an aromatic ring is 1. The summed E-state index contributed by atoms with van der Waals surface area (Å²) in [5.74, 6) is -0.467. The van der Waals surface area contributed by atoms with Crippen LogP contribution in [0.1, 0.15) is 32.5 Å². The number of rotatable bonds is 6. The number of nitrogens with two attached hydrogens (primary N) is 1. The maximum atomic E-state index is 12.6. The molecule has 0 saturated carbocycles. The van der Waals surface area contributed by atoms with E-state index in [4.69, 9.17) is 22.1 Å². The molecule has 3 N–H and O–H groups in total. The van der Waals surface area contributed by atoms with Crippen molar-refractivity contribution in [2.24, 2.45) is 0 Å². The molecule has 8 heteroatoms. The first kappa shape index (κ1) is 18.9. The van der Waals surface area contributed by atoms with E-state index in [-0.39, 0.29) is 17.6 Å². The number of anilines is 3. The second-order valence-electron chi connectivity index (χ2n) is 5.50. The summed E-state index contributed by atoms with van der Waals surface area (Å²) in [6.07, 6.45) is 0. The van der Waals surface area contributed by atoms with E-state index in [0.717, 1.165) is 11.3 Å². The van der Waals surface area contributed by atoms with Crippen LogP contribution in [0, 0.1) is 0 Å². The Bertz CT molecular complexity index is 986. The van der Waals surface area contributed by atoms with Crippen molar-refractivity contribution in [1.82, 2.24) is 4.98 Å². The Balaban J connectivity index is 1.76. The smallest absolute Gasteiger partial charge is 0.338 e. The van der Waals surface area contributed by atoms with Gasteiger partial charge in [0.2, 0.25) is 5.78 Å². The van der Waals surface area contributed by atoms with Crippen LogP contribution in [0.2, 0.25) is 5.02 Å². The highest BCUT2D eigenvalue weighted by Gasteiger charge is 2.18. The number of nitrogens with zero attached hydrogens (tertiary/aromatic N) is 1. The lowest BCUT2D eigenvalue weighted by Crippen LogP contribution is -2.04. The molecule has 0 spiro atoms. The second kappa shape index (κ2) is 8.20. The zero-order valence-electron chi connectivity index (χ0n) is 14.4. The SMILES string of the molecule is CCOC(=O)c1ccc(Nc2nc(N)c(C(=O)c3cccc(Cl)c3)s2)cc1. The number of hydrogen-bond donors (Lipinski definition) is 2. The van der Waals surface area contributed by atoms with Gasteiger partial charge in [0.1, 0.15) is 10.7 Å². The molecule has 0 aliphatic heterocycles. The molecular weight excluding hydrogens is 386 g/mol. The quantitative estimate of drug-likeness (QED) is 0.465. The number of carbonyl (C=O) groups is 2. The van der Waals surface area contributed by atoms with E-state index >= 15 is 0 Å². The fraction of sp³-hybridized carbons (Fsp3) is 0.105. The fourth-order valence-corrected chi connectivity index (χ4v) is 3.39. The third-order valence-electron chi connectivity index (χ3n) is 3.59. The molecule has 1 aromatic heterocycles. The maximum Gasteiger partial charge on any atom is 0.338 e. The predicted molar refractivity (Wildman–Crippen MR) is 107 cm³/mol. The molecular formula is C19H16ClN3O3S. The molecule has 27 heavy (non-hydrogen) atoms. The minimum atomic E-state index is -0.378. The molecule has 6 nitrogen and oxygen atoms in total. The van der Waals surface area contributed by atoms with E-state index in [0.29, 0.717) is 38.5 Å². The molecule has 0 saturated heterocycles. The minimum absolute atomic E-state index is 0.149. The lowest BCUT2D eigenvalue weighted by atomic mass is 10.1. The Morgan fingerprint density at radius 3 is 2.59 bits per heavy atom. The monoisotopic (exact) mass is 401 g/mol. The van der Waals surface area contributed by atoms with Crippen LogP contribution in [-0.4, -0.2) is 23.3 Å². The van der Waals surface area contributed by atoms with E-state index < -0.39 is 0 Å². The lowest BCUT2D eigenvalue weighted by Gasteiger charge is -2.04. The first-order valence-electron chi connectivity index (χ1n) is 8.08. The van der Waals surface area contributed by atoms with Gasteiger partial charge in [0.15, 0.2) is 5.13 Å². The minimum Gasteiger partial charge on any atom is -0.462 e. The third kappa shape index (κ3) is 4.45. The van der Waals surface area contributed by atoms with Crippen molar-refractivity contribution in [2.45, 2.75) is 6.92 Å². The third-order valence-corrected chi connectivity index (χ3v) is 4.81. The number of thiazole rings is 1. The number of hydrogen-bond acceptors (Lipinski definition) is 7. The van der Waals surface area contributed by atoms with Crippen molar-refractivity contribution in [2.75, 3.05) is 17.7 Å². The van der Waals surface area contributed by atoms with Crippen LogP contribution in [0.4, 0.5) is 16.6 Å². The number of ketones is 1. The number of esters is 1. The number of ether oxygens (including phenoxy) is 1. The molecule has 0 radical (unpaired) electrons. The molecule has 138 valence electrons. The second-order valence-corrected chi connectivity index (χ2v) is 6.93. The number of aromatic nitrogens is 1. The van der Waals surface area contributed by atoms with Gasteiger partial charge < -0.3 is 15.8 Å². The summed E-state index contributed by atoms with van der Waals surface area (Å²) in [5, 5.41) is 4.03. The van der Waals surface area contributed by atoms with Crippen molar-refractivity contribution >= 4 is 51.3 Å². The van der Waals surface area contributed by atoms with E-state index in [9.17, 15) is 9.59 Å². The van der Waals surface area contributed by atoms with Crippen LogP contribution in [0.15, 0.2) is 48.5 Å². The van der Waals surface area contributed by atoms with E-state index in [2.05, 4.69) is 10.3 Å². The Hall–Kier alpha value is -2.90. The van der Waals surface area contributed by atoms with Gasteiger partial charge in [-0.2, -0.15) is 0 Å². The molecule has 0 aliphatic carbocycles. The zero-order chi connectivity index (χ0) is 19.4. The predicted octanol–water partition coefficient (Wildman–Crippen LogP) is 4.53.